The predicted octanol–water partition coefficient (Wildman–Crippen LogP) is 2.83. The van der Waals surface area contributed by atoms with Crippen molar-refractivity contribution >= 4 is 27.0 Å². The molecule has 0 amide bonds. The second-order valence-electron chi connectivity index (χ2n) is 9.51. The lowest BCUT2D eigenvalue weighted by Gasteiger charge is -2.31. The van der Waals surface area contributed by atoms with Crippen molar-refractivity contribution in [1.82, 2.24) is 18.8 Å². The van der Waals surface area contributed by atoms with Crippen LogP contribution in [-0.4, -0.2) is 51.6 Å². The topological polar surface area (TPSA) is 97.2 Å². The number of hydrogen-bond donors (Lipinski definition) is 1. The number of aromatic nitrogens is 3. The lowest BCUT2D eigenvalue weighted by Crippen LogP contribution is -2.43. The van der Waals surface area contributed by atoms with E-state index >= 15 is 0 Å². The van der Waals surface area contributed by atoms with E-state index in [0.717, 1.165) is 55.9 Å². The maximum Gasteiger partial charge on any atom is 0.255 e. The van der Waals surface area contributed by atoms with Gasteiger partial charge in [-0.1, -0.05) is 13.3 Å². The van der Waals surface area contributed by atoms with Gasteiger partial charge in [0.1, 0.15) is 5.65 Å². The molecule has 1 saturated heterocycles. The molecule has 1 N–H and O–H groups in total. The third-order valence-electron chi connectivity index (χ3n) is 7.19. The first-order valence-electron chi connectivity index (χ1n) is 11.5. The van der Waals surface area contributed by atoms with Gasteiger partial charge in [-0.2, -0.15) is 4.98 Å². The highest BCUT2D eigenvalue weighted by Gasteiger charge is 2.41. The molecule has 2 saturated carbocycles. The minimum atomic E-state index is -3.11. The molecule has 0 bridgehead atoms. The molecule has 31 heavy (non-hydrogen) atoms. The van der Waals surface area contributed by atoms with Gasteiger partial charge < -0.3 is 5.32 Å². The number of hydrogen-bond acceptors (Lipinski definition) is 6. The van der Waals surface area contributed by atoms with Crippen molar-refractivity contribution in [3.05, 3.63) is 28.2 Å². The molecule has 3 heterocycles. The fourth-order valence-electron chi connectivity index (χ4n) is 5.16. The van der Waals surface area contributed by atoms with Gasteiger partial charge in [0.2, 0.25) is 16.0 Å². The molecule has 8 nitrogen and oxygen atoms in total. The molecule has 3 aliphatic rings. The normalized spacial score (nSPS) is 25.9. The van der Waals surface area contributed by atoms with E-state index in [0.29, 0.717) is 30.6 Å². The van der Waals surface area contributed by atoms with Crippen LogP contribution in [-0.2, 0) is 10.0 Å². The molecule has 1 aliphatic heterocycles. The van der Waals surface area contributed by atoms with Crippen LogP contribution in [0.3, 0.4) is 0 Å². The van der Waals surface area contributed by atoms with Crippen LogP contribution in [0.15, 0.2) is 17.1 Å². The van der Waals surface area contributed by atoms with Gasteiger partial charge in [-0.05, 0) is 57.4 Å². The van der Waals surface area contributed by atoms with Crippen molar-refractivity contribution in [1.29, 1.82) is 0 Å². The molecule has 5 rings (SSSR count). The number of pyridine rings is 1. The molecule has 0 aromatic carbocycles. The summed E-state index contributed by atoms with van der Waals surface area (Å²) in [4.78, 5) is 22.3. The van der Waals surface area contributed by atoms with Crippen molar-refractivity contribution in [3.8, 4) is 0 Å². The number of fused-ring (bicyclic) bond motifs is 1. The smallest absolute Gasteiger partial charge is 0.255 e. The SMILES string of the molecule is Cc1cc2cnc(NC3CCN(S(=O)(=O)C4CC4)CC3)nc2n([C@@H]2CCC[C@@H]2C)c1=O. The van der Waals surface area contributed by atoms with Gasteiger partial charge in [0.05, 0.1) is 5.25 Å². The molecule has 168 valence electrons. The van der Waals surface area contributed by atoms with Crippen LogP contribution < -0.4 is 10.9 Å². The number of aryl methyl sites for hydroxylation is 1. The van der Waals surface area contributed by atoms with Gasteiger partial charge in [0, 0.05) is 42.3 Å². The third-order valence-corrected chi connectivity index (χ3v) is 9.59. The standard InChI is InChI=1S/C22H31N5O3S/c1-14-4-3-5-19(14)27-20-16(12-15(2)21(27)28)13-23-22(25-20)24-17-8-10-26(11-9-17)31(29,30)18-6-7-18/h12-14,17-19H,3-11H2,1-2H3,(H,23,24,25)/t14-,19+/m0/s1. The summed E-state index contributed by atoms with van der Waals surface area (Å²) in [6, 6.07) is 2.17. The van der Waals surface area contributed by atoms with Gasteiger partial charge in [-0.15, -0.1) is 0 Å². The maximum atomic E-state index is 13.0. The molecule has 3 fully saturated rings. The van der Waals surface area contributed by atoms with Gasteiger partial charge in [0.25, 0.3) is 5.56 Å². The maximum absolute atomic E-state index is 13.0. The average Bonchev–Trinajstić information content (AvgIpc) is 3.53. The van der Waals surface area contributed by atoms with Crippen molar-refractivity contribution in [2.24, 2.45) is 5.92 Å². The Bertz CT molecular complexity index is 1150. The van der Waals surface area contributed by atoms with Gasteiger partial charge >= 0.3 is 0 Å². The molecule has 2 aromatic rings. The van der Waals surface area contributed by atoms with Crippen LogP contribution in [0.5, 0.6) is 0 Å². The van der Waals surface area contributed by atoms with Crippen LogP contribution in [0.1, 0.15) is 63.5 Å². The fourth-order valence-corrected chi connectivity index (χ4v) is 7.03. The Morgan fingerprint density at radius 1 is 1.10 bits per heavy atom. The number of nitrogens with zero attached hydrogens (tertiary/aromatic N) is 4. The Labute approximate surface area is 183 Å². The number of nitrogens with one attached hydrogen (secondary N) is 1. The van der Waals surface area contributed by atoms with E-state index in [9.17, 15) is 13.2 Å². The van der Waals surface area contributed by atoms with Crippen molar-refractivity contribution in [2.75, 3.05) is 18.4 Å². The van der Waals surface area contributed by atoms with Crippen molar-refractivity contribution in [3.63, 3.8) is 0 Å². The minimum absolute atomic E-state index is 0.0366. The van der Waals surface area contributed by atoms with Gasteiger partial charge in [-0.3, -0.25) is 9.36 Å². The fraction of sp³-hybridized carbons (Fsp3) is 0.682. The molecule has 0 spiro atoms. The Hall–Kier alpha value is -2.00. The summed E-state index contributed by atoms with van der Waals surface area (Å²) in [5.41, 5.74) is 1.45. The van der Waals surface area contributed by atoms with E-state index in [1.807, 2.05) is 17.6 Å². The summed E-state index contributed by atoms with van der Waals surface area (Å²) in [5, 5.41) is 4.12. The first-order chi connectivity index (χ1) is 14.8. The quantitative estimate of drug-likeness (QED) is 0.760. The zero-order valence-electron chi connectivity index (χ0n) is 18.2. The Morgan fingerprint density at radius 3 is 2.48 bits per heavy atom. The second-order valence-corrected chi connectivity index (χ2v) is 11.7. The number of sulfonamides is 1. The van der Waals surface area contributed by atoms with E-state index in [1.54, 1.807) is 10.5 Å². The van der Waals surface area contributed by atoms with Crippen LogP contribution in [0, 0.1) is 12.8 Å². The monoisotopic (exact) mass is 445 g/mol. The van der Waals surface area contributed by atoms with Gasteiger partial charge in [0.15, 0.2) is 0 Å². The summed E-state index contributed by atoms with van der Waals surface area (Å²) < 4.78 is 28.4. The molecule has 0 radical (unpaired) electrons. The van der Waals surface area contributed by atoms with Crippen molar-refractivity contribution in [2.45, 2.75) is 76.1 Å². The summed E-state index contributed by atoms with van der Waals surface area (Å²) >= 11 is 0. The molecular weight excluding hydrogens is 414 g/mol. The lowest BCUT2D eigenvalue weighted by atomic mass is 10.1. The highest BCUT2D eigenvalue weighted by molar-refractivity contribution is 7.90. The molecule has 0 unspecified atom stereocenters. The van der Waals surface area contributed by atoms with E-state index in [2.05, 4.69) is 17.2 Å². The van der Waals surface area contributed by atoms with E-state index in [1.165, 1.54) is 0 Å². The molecule has 2 aliphatic carbocycles. The molecule has 2 aromatic heterocycles. The molecular formula is C22H31N5O3S. The zero-order chi connectivity index (χ0) is 21.8. The van der Waals surface area contributed by atoms with Crippen molar-refractivity contribution < 1.29 is 8.42 Å². The summed E-state index contributed by atoms with van der Waals surface area (Å²) in [7, 11) is -3.11. The molecule has 2 atom stereocenters. The summed E-state index contributed by atoms with van der Waals surface area (Å²) in [6.45, 7) is 5.14. The van der Waals surface area contributed by atoms with Gasteiger partial charge in [-0.25, -0.2) is 17.7 Å². The van der Waals surface area contributed by atoms with E-state index in [-0.39, 0.29) is 22.9 Å². The highest BCUT2D eigenvalue weighted by Crippen LogP contribution is 2.36. The number of piperidine rings is 1. The highest BCUT2D eigenvalue weighted by atomic mass is 32.2. The van der Waals surface area contributed by atoms with Crippen LogP contribution in [0.2, 0.25) is 0 Å². The lowest BCUT2D eigenvalue weighted by molar-refractivity contribution is 0.328. The van der Waals surface area contributed by atoms with E-state index < -0.39 is 10.0 Å². The second kappa shape index (κ2) is 7.85. The minimum Gasteiger partial charge on any atom is -0.351 e. The Kier molecular flexibility index (Phi) is 5.29. The first kappa shape index (κ1) is 20.9. The van der Waals surface area contributed by atoms with Crippen LogP contribution in [0.25, 0.3) is 11.0 Å². The Morgan fingerprint density at radius 2 is 1.84 bits per heavy atom. The largest absolute Gasteiger partial charge is 0.351 e. The third kappa shape index (κ3) is 3.86. The van der Waals surface area contributed by atoms with Crippen LogP contribution >= 0.6 is 0 Å². The van der Waals surface area contributed by atoms with E-state index in [4.69, 9.17) is 4.98 Å². The summed E-state index contributed by atoms with van der Waals surface area (Å²) in [6.07, 6.45) is 8.11. The predicted molar refractivity (Wildman–Crippen MR) is 121 cm³/mol. The molecule has 9 heteroatoms. The Balaban J connectivity index is 1.38. The first-order valence-corrected chi connectivity index (χ1v) is 13.0. The summed E-state index contributed by atoms with van der Waals surface area (Å²) in [5.74, 6) is 0.963. The number of rotatable bonds is 5. The average molecular weight is 446 g/mol. The van der Waals surface area contributed by atoms with Crippen LogP contribution in [0.4, 0.5) is 5.95 Å². The zero-order valence-corrected chi connectivity index (χ0v) is 19.1. The number of anilines is 1.